The lowest BCUT2D eigenvalue weighted by molar-refractivity contribution is 0.0693. The Balaban J connectivity index is 1.88. The maximum Gasteiger partial charge on any atom is 0.335 e. The van der Waals surface area contributed by atoms with E-state index in [0.29, 0.717) is 41.8 Å². The summed E-state index contributed by atoms with van der Waals surface area (Å²) in [5.41, 5.74) is 0.0160. The molecule has 2 aromatic carbocycles. The van der Waals surface area contributed by atoms with Crippen LogP contribution in [0.15, 0.2) is 41.3 Å². The molecule has 0 aliphatic carbocycles. The first kappa shape index (κ1) is 21.3. The molecule has 0 amide bonds. The van der Waals surface area contributed by atoms with E-state index in [2.05, 4.69) is 0 Å². The van der Waals surface area contributed by atoms with E-state index < -0.39 is 16.6 Å². The summed E-state index contributed by atoms with van der Waals surface area (Å²) >= 11 is 0. The van der Waals surface area contributed by atoms with Crippen LogP contribution in [0.25, 0.3) is 0 Å². The van der Waals surface area contributed by atoms with Gasteiger partial charge >= 0.3 is 5.97 Å². The number of carbonyl (C=O) groups is 1. The Morgan fingerprint density at radius 1 is 1.17 bits per heavy atom. The van der Waals surface area contributed by atoms with Gasteiger partial charge in [0.2, 0.25) is 0 Å². The monoisotopic (exact) mass is 424 g/mol. The number of hydrogen-bond donors (Lipinski definition) is 3. The molecule has 1 heterocycles. The lowest BCUT2D eigenvalue weighted by atomic mass is 10.2. The highest BCUT2D eigenvalue weighted by atomic mass is 32.3. The highest BCUT2D eigenvalue weighted by molar-refractivity contribution is 8.24. The molecular weight excluding hydrogens is 400 g/mol. The number of benzene rings is 2. The molecule has 0 aromatic heterocycles. The molecule has 2 aromatic rings. The molecule has 1 atom stereocenters. The van der Waals surface area contributed by atoms with E-state index in [1.807, 2.05) is 0 Å². The van der Waals surface area contributed by atoms with Crippen molar-refractivity contribution < 1.29 is 38.0 Å². The van der Waals surface area contributed by atoms with Gasteiger partial charge in [0.05, 0.1) is 18.8 Å². The van der Waals surface area contributed by atoms with E-state index in [4.69, 9.17) is 18.9 Å². The molecule has 9 heteroatoms. The number of fused-ring (bicyclic) bond motifs is 1. The Hall–Kier alpha value is -2.46. The molecule has 0 fully saturated rings. The summed E-state index contributed by atoms with van der Waals surface area (Å²) in [6.45, 7) is 2.53. The van der Waals surface area contributed by atoms with Crippen LogP contribution in [0.2, 0.25) is 0 Å². The maximum absolute atomic E-state index is 11.5. The van der Waals surface area contributed by atoms with Crippen molar-refractivity contribution in [1.29, 1.82) is 0 Å². The van der Waals surface area contributed by atoms with Gasteiger partial charge in [-0.05, 0) is 37.6 Å². The Labute approximate surface area is 170 Å². The normalized spacial score (nSPS) is 17.2. The lowest BCUT2D eigenvalue weighted by Gasteiger charge is -2.31. The van der Waals surface area contributed by atoms with E-state index in [1.54, 1.807) is 38.3 Å². The summed E-state index contributed by atoms with van der Waals surface area (Å²) in [7, 11) is -1.35. The second kappa shape index (κ2) is 8.91. The predicted octanol–water partition coefficient (Wildman–Crippen LogP) is 4.48. The van der Waals surface area contributed by atoms with Crippen molar-refractivity contribution in [1.82, 2.24) is 0 Å². The number of methoxy groups -OCH3 is 1. The largest absolute Gasteiger partial charge is 0.491 e. The molecular formula is C20H24O8S. The number of ether oxygens (including phenoxy) is 4. The second-order valence-corrected chi connectivity index (χ2v) is 8.85. The highest BCUT2D eigenvalue weighted by Crippen LogP contribution is 2.54. The lowest BCUT2D eigenvalue weighted by Crippen LogP contribution is -2.18. The van der Waals surface area contributed by atoms with Crippen molar-refractivity contribution in [3.05, 3.63) is 42.0 Å². The summed E-state index contributed by atoms with van der Waals surface area (Å²) in [6, 6.07) is 9.09. The van der Waals surface area contributed by atoms with Crippen LogP contribution >= 0.6 is 10.6 Å². The number of rotatable bonds is 7. The van der Waals surface area contributed by atoms with E-state index in [-0.39, 0.29) is 23.2 Å². The summed E-state index contributed by atoms with van der Waals surface area (Å²) in [5.74, 6) is 0.466. The number of carboxylic acids is 1. The Morgan fingerprint density at radius 2 is 1.93 bits per heavy atom. The molecule has 0 saturated heterocycles. The Bertz CT molecular complexity index is 883. The zero-order valence-electron chi connectivity index (χ0n) is 16.2. The third kappa shape index (κ3) is 5.33. The summed E-state index contributed by atoms with van der Waals surface area (Å²) in [4.78, 5) is 11.8. The summed E-state index contributed by atoms with van der Waals surface area (Å²) in [5, 5.41) is 9.38. The quantitative estimate of drug-likeness (QED) is 0.596. The predicted molar refractivity (Wildman–Crippen MR) is 108 cm³/mol. The van der Waals surface area contributed by atoms with E-state index in [0.717, 1.165) is 0 Å². The first-order valence-electron chi connectivity index (χ1n) is 9.03. The number of aromatic carboxylic acids is 1. The average Bonchev–Trinajstić information content (AvgIpc) is 2.79. The molecule has 0 saturated carbocycles. The van der Waals surface area contributed by atoms with Crippen LogP contribution in [0.3, 0.4) is 0 Å². The van der Waals surface area contributed by atoms with Gasteiger partial charge in [-0.25, -0.2) is 4.79 Å². The van der Waals surface area contributed by atoms with Crippen molar-refractivity contribution in [2.75, 3.05) is 26.1 Å². The van der Waals surface area contributed by atoms with Gasteiger partial charge in [0.1, 0.15) is 34.0 Å². The average molecular weight is 424 g/mol. The molecule has 8 nitrogen and oxygen atoms in total. The second-order valence-electron chi connectivity index (χ2n) is 6.67. The van der Waals surface area contributed by atoms with Crippen LogP contribution in [0, 0.1) is 0 Å². The van der Waals surface area contributed by atoms with Gasteiger partial charge in [-0.1, -0.05) is 0 Å². The smallest absolute Gasteiger partial charge is 0.335 e. The molecule has 1 aliphatic heterocycles. The Morgan fingerprint density at radius 3 is 2.66 bits per heavy atom. The fourth-order valence-corrected chi connectivity index (χ4v) is 4.41. The van der Waals surface area contributed by atoms with Crippen LogP contribution in [0.4, 0.5) is 0 Å². The van der Waals surface area contributed by atoms with Gasteiger partial charge in [-0.3, -0.25) is 9.11 Å². The van der Waals surface area contributed by atoms with Crippen LogP contribution in [0.1, 0.15) is 23.7 Å². The van der Waals surface area contributed by atoms with Gasteiger partial charge in [0.15, 0.2) is 0 Å². The molecule has 0 unspecified atom stereocenters. The van der Waals surface area contributed by atoms with Crippen LogP contribution in [-0.2, 0) is 4.74 Å². The van der Waals surface area contributed by atoms with Crippen LogP contribution < -0.4 is 14.2 Å². The molecule has 29 heavy (non-hydrogen) atoms. The Kier molecular flexibility index (Phi) is 6.53. The minimum absolute atomic E-state index is 0.0160. The minimum atomic E-state index is -2.90. The fourth-order valence-electron chi connectivity index (χ4n) is 2.95. The van der Waals surface area contributed by atoms with Crippen molar-refractivity contribution in [2.45, 2.75) is 24.3 Å². The van der Waals surface area contributed by atoms with Crippen molar-refractivity contribution >= 4 is 16.6 Å². The molecule has 0 radical (unpaired) electrons. The van der Waals surface area contributed by atoms with Crippen molar-refractivity contribution in [2.24, 2.45) is 0 Å². The summed E-state index contributed by atoms with van der Waals surface area (Å²) < 4.78 is 42.7. The number of hydrogen-bond acceptors (Lipinski definition) is 7. The van der Waals surface area contributed by atoms with E-state index in [9.17, 15) is 19.0 Å². The van der Waals surface area contributed by atoms with Crippen molar-refractivity contribution in [3.63, 3.8) is 0 Å². The van der Waals surface area contributed by atoms with Gasteiger partial charge < -0.3 is 24.1 Å². The molecule has 0 bridgehead atoms. The fraction of sp³-hybridized carbons (Fsp3) is 0.350. The zero-order chi connectivity index (χ0) is 21.0. The molecule has 158 valence electrons. The standard InChI is InChI=1S/C20H24O8S/c1-13(12-25-2)27-16-8-14(20(21)22)9-17(10-16)28-15-4-5-19-18(11-15)26-6-3-7-29(19,23)24/h4-5,8-11,13,23-24H,3,6-7,12H2,1-2H3,(H,21,22)/t13-/m0/s1. The van der Waals surface area contributed by atoms with Crippen molar-refractivity contribution in [3.8, 4) is 23.0 Å². The van der Waals surface area contributed by atoms with E-state index in [1.165, 1.54) is 12.1 Å². The highest BCUT2D eigenvalue weighted by Gasteiger charge is 2.24. The minimum Gasteiger partial charge on any atom is -0.491 e. The molecule has 1 aliphatic rings. The molecule has 3 N–H and O–H groups in total. The SMILES string of the molecule is COC[C@H](C)Oc1cc(Oc2ccc3c(c2)OCCCS3(O)O)cc(C(=O)O)c1. The van der Waals surface area contributed by atoms with Gasteiger partial charge in [-0.15, -0.1) is 0 Å². The van der Waals surface area contributed by atoms with Gasteiger partial charge in [-0.2, -0.15) is 10.6 Å². The number of carboxylic acid groups (broad SMARTS) is 1. The third-order valence-corrected chi connectivity index (χ3v) is 6.10. The summed E-state index contributed by atoms with van der Waals surface area (Å²) in [6.07, 6.45) is 0.261. The molecule has 3 rings (SSSR count). The molecule has 0 spiro atoms. The zero-order valence-corrected chi connectivity index (χ0v) is 17.0. The maximum atomic E-state index is 11.5. The van der Waals surface area contributed by atoms with Gasteiger partial charge in [0, 0.05) is 25.0 Å². The topological polar surface area (TPSA) is 115 Å². The first-order valence-corrected chi connectivity index (χ1v) is 10.7. The first-order chi connectivity index (χ1) is 13.8. The van der Waals surface area contributed by atoms with E-state index >= 15 is 0 Å². The van der Waals surface area contributed by atoms with Crippen LogP contribution in [0.5, 0.6) is 23.0 Å². The van der Waals surface area contributed by atoms with Gasteiger partial charge in [0.25, 0.3) is 0 Å². The van der Waals surface area contributed by atoms with Crippen LogP contribution in [-0.4, -0.2) is 52.4 Å². The third-order valence-electron chi connectivity index (χ3n) is 4.20.